The van der Waals surface area contributed by atoms with Crippen LogP contribution in [-0.2, 0) is 6.18 Å². The van der Waals surface area contributed by atoms with Crippen molar-refractivity contribution >= 4 is 22.6 Å². The third-order valence-corrected chi connectivity index (χ3v) is 5.84. The molecule has 1 unspecified atom stereocenters. The first kappa shape index (κ1) is 24.1. The molecule has 2 N–H and O–H groups in total. The summed E-state index contributed by atoms with van der Waals surface area (Å²) < 4.78 is 45.5. The van der Waals surface area contributed by atoms with Crippen molar-refractivity contribution in [1.82, 2.24) is 0 Å². The van der Waals surface area contributed by atoms with E-state index in [4.69, 9.17) is 4.42 Å². The molecule has 0 fully saturated rings. The molecule has 1 atom stereocenters. The van der Waals surface area contributed by atoms with E-state index in [0.717, 1.165) is 23.3 Å². The zero-order chi connectivity index (χ0) is 25.5. The summed E-state index contributed by atoms with van der Waals surface area (Å²) >= 11 is 0. The van der Waals surface area contributed by atoms with Crippen molar-refractivity contribution in [2.75, 3.05) is 5.32 Å². The molecule has 0 amide bonds. The van der Waals surface area contributed by atoms with Gasteiger partial charge in [0.1, 0.15) is 11.3 Å². The summed E-state index contributed by atoms with van der Waals surface area (Å²) in [5.74, 6) is -1.07. The number of rotatable bonds is 5. The van der Waals surface area contributed by atoms with Crippen LogP contribution in [0.3, 0.4) is 0 Å². The summed E-state index contributed by atoms with van der Waals surface area (Å²) in [7, 11) is 0. The number of carboxylic acid groups (broad SMARTS) is 1. The minimum absolute atomic E-state index is 0.0189. The highest BCUT2D eigenvalue weighted by atomic mass is 19.4. The lowest BCUT2D eigenvalue weighted by molar-refractivity contribution is -0.137. The van der Waals surface area contributed by atoms with Crippen LogP contribution in [-0.4, -0.2) is 11.1 Å². The average molecular weight is 481 g/mol. The number of benzene rings is 3. The van der Waals surface area contributed by atoms with Crippen LogP contribution in [0.25, 0.3) is 22.3 Å². The van der Waals surface area contributed by atoms with Gasteiger partial charge in [-0.05, 0) is 50.6 Å². The molecule has 0 aliphatic rings. The minimum atomic E-state index is -4.67. The van der Waals surface area contributed by atoms with Crippen LogP contribution in [0.2, 0.25) is 0 Å². The lowest BCUT2D eigenvalue weighted by atomic mass is 9.98. The van der Waals surface area contributed by atoms with Crippen molar-refractivity contribution in [2.24, 2.45) is 0 Å². The minimum Gasteiger partial charge on any atom is -0.478 e. The number of anilines is 1. The maximum atomic E-state index is 13.2. The highest BCUT2D eigenvalue weighted by Gasteiger charge is 2.32. The fourth-order valence-electron chi connectivity index (χ4n) is 4.09. The van der Waals surface area contributed by atoms with Crippen molar-refractivity contribution in [3.63, 3.8) is 0 Å². The van der Waals surface area contributed by atoms with E-state index in [1.807, 2.05) is 37.3 Å². The molecular formula is C27H22F3NO4. The number of hydrogen-bond donors (Lipinski definition) is 2. The van der Waals surface area contributed by atoms with E-state index < -0.39 is 29.3 Å². The Balaban J connectivity index is 1.85. The maximum Gasteiger partial charge on any atom is 0.416 e. The third-order valence-electron chi connectivity index (χ3n) is 5.84. The standard InChI is InChI=1S/C27H22F3NO4/c1-14-11-19(16(3)31-22-10-9-18(27(28,29)30)13-20(22)26(33)34)25-21(12-14)23(32)15(2)24(35-25)17-7-5-4-6-8-17/h4-13,16,31H,1-3H3,(H,33,34). The van der Waals surface area contributed by atoms with E-state index in [0.29, 0.717) is 33.9 Å². The van der Waals surface area contributed by atoms with E-state index in [1.54, 1.807) is 26.0 Å². The number of aromatic carboxylic acids is 1. The lowest BCUT2D eigenvalue weighted by Crippen LogP contribution is -2.15. The Morgan fingerprint density at radius 3 is 2.34 bits per heavy atom. The van der Waals surface area contributed by atoms with E-state index in [1.165, 1.54) is 0 Å². The normalized spacial score (nSPS) is 12.5. The highest BCUT2D eigenvalue weighted by Crippen LogP contribution is 2.35. The first-order chi connectivity index (χ1) is 16.5. The van der Waals surface area contributed by atoms with E-state index in [-0.39, 0.29) is 11.1 Å². The number of aryl methyl sites for hydroxylation is 1. The number of halogens is 3. The van der Waals surface area contributed by atoms with Gasteiger partial charge in [0, 0.05) is 22.4 Å². The zero-order valence-electron chi connectivity index (χ0n) is 19.2. The van der Waals surface area contributed by atoms with Gasteiger partial charge in [-0.3, -0.25) is 4.79 Å². The molecule has 35 heavy (non-hydrogen) atoms. The molecule has 3 aromatic carbocycles. The molecule has 0 aliphatic heterocycles. The van der Waals surface area contributed by atoms with Crippen molar-refractivity contribution < 1.29 is 27.5 Å². The number of nitrogens with one attached hydrogen (secondary N) is 1. The van der Waals surface area contributed by atoms with Gasteiger partial charge in [0.25, 0.3) is 0 Å². The summed E-state index contributed by atoms with van der Waals surface area (Å²) in [5.41, 5.74) is 1.14. The van der Waals surface area contributed by atoms with Crippen LogP contribution in [0.4, 0.5) is 18.9 Å². The number of alkyl halides is 3. The Bertz CT molecular complexity index is 1490. The molecule has 180 valence electrons. The molecule has 4 rings (SSSR count). The highest BCUT2D eigenvalue weighted by molar-refractivity contribution is 5.95. The van der Waals surface area contributed by atoms with Gasteiger partial charge in [0.15, 0.2) is 5.43 Å². The fourth-order valence-corrected chi connectivity index (χ4v) is 4.09. The molecule has 0 aliphatic carbocycles. The van der Waals surface area contributed by atoms with Crippen LogP contribution in [0.15, 0.2) is 69.9 Å². The smallest absolute Gasteiger partial charge is 0.416 e. The van der Waals surface area contributed by atoms with Gasteiger partial charge in [0.05, 0.1) is 22.6 Å². The van der Waals surface area contributed by atoms with Crippen molar-refractivity contribution in [3.05, 3.63) is 98.7 Å². The van der Waals surface area contributed by atoms with Crippen molar-refractivity contribution in [1.29, 1.82) is 0 Å². The van der Waals surface area contributed by atoms with Crippen LogP contribution in [0, 0.1) is 13.8 Å². The monoisotopic (exact) mass is 481 g/mol. The van der Waals surface area contributed by atoms with Gasteiger partial charge in [0.2, 0.25) is 0 Å². The van der Waals surface area contributed by atoms with Gasteiger partial charge < -0.3 is 14.8 Å². The van der Waals surface area contributed by atoms with Crippen LogP contribution < -0.4 is 10.7 Å². The molecule has 0 spiro atoms. The first-order valence-corrected chi connectivity index (χ1v) is 10.8. The Hall–Kier alpha value is -4.07. The number of carbonyl (C=O) groups is 1. The molecule has 8 heteroatoms. The van der Waals surface area contributed by atoms with Gasteiger partial charge in [-0.2, -0.15) is 13.2 Å². The summed E-state index contributed by atoms with van der Waals surface area (Å²) in [6.07, 6.45) is -4.67. The SMILES string of the molecule is Cc1cc(C(C)Nc2ccc(C(F)(F)F)cc2C(=O)O)c2oc(-c3ccccc3)c(C)c(=O)c2c1. The molecule has 0 saturated carbocycles. The Kier molecular flexibility index (Phi) is 6.15. The zero-order valence-corrected chi connectivity index (χ0v) is 19.2. The third kappa shape index (κ3) is 4.64. The lowest BCUT2D eigenvalue weighted by Gasteiger charge is -2.20. The number of carboxylic acids is 1. The summed E-state index contributed by atoms with van der Waals surface area (Å²) in [5, 5.41) is 12.9. The largest absolute Gasteiger partial charge is 0.478 e. The Morgan fingerprint density at radius 2 is 1.71 bits per heavy atom. The average Bonchev–Trinajstić information content (AvgIpc) is 2.81. The summed E-state index contributed by atoms with van der Waals surface area (Å²) in [6.45, 7) is 5.23. The quantitative estimate of drug-likeness (QED) is 0.322. The molecule has 5 nitrogen and oxygen atoms in total. The first-order valence-electron chi connectivity index (χ1n) is 10.8. The molecule has 0 saturated heterocycles. The van der Waals surface area contributed by atoms with Crippen LogP contribution in [0.5, 0.6) is 0 Å². The van der Waals surface area contributed by atoms with Crippen molar-refractivity contribution in [2.45, 2.75) is 33.0 Å². The molecule has 0 bridgehead atoms. The second-order valence-electron chi connectivity index (χ2n) is 8.41. The van der Waals surface area contributed by atoms with Gasteiger partial charge >= 0.3 is 12.1 Å². The number of hydrogen-bond acceptors (Lipinski definition) is 4. The Labute approximate surface area is 198 Å². The Morgan fingerprint density at radius 1 is 1.03 bits per heavy atom. The topological polar surface area (TPSA) is 79.5 Å². The summed E-state index contributed by atoms with van der Waals surface area (Å²) in [4.78, 5) is 24.9. The number of fused-ring (bicyclic) bond motifs is 1. The summed E-state index contributed by atoms with van der Waals surface area (Å²) in [6, 6.07) is 14.6. The van der Waals surface area contributed by atoms with E-state index >= 15 is 0 Å². The molecule has 4 aromatic rings. The predicted molar refractivity (Wildman–Crippen MR) is 128 cm³/mol. The molecule has 1 heterocycles. The van der Waals surface area contributed by atoms with E-state index in [2.05, 4.69) is 5.32 Å². The second-order valence-corrected chi connectivity index (χ2v) is 8.41. The molecule has 1 aromatic heterocycles. The molecule has 0 radical (unpaired) electrons. The fraction of sp³-hybridized carbons (Fsp3) is 0.185. The van der Waals surface area contributed by atoms with Crippen LogP contribution >= 0.6 is 0 Å². The second kappa shape index (κ2) is 8.94. The van der Waals surface area contributed by atoms with Crippen LogP contribution in [0.1, 0.15) is 45.6 Å². The van der Waals surface area contributed by atoms with Gasteiger partial charge in [-0.15, -0.1) is 0 Å². The molecular weight excluding hydrogens is 459 g/mol. The van der Waals surface area contributed by atoms with E-state index in [9.17, 15) is 27.9 Å². The van der Waals surface area contributed by atoms with Gasteiger partial charge in [-0.1, -0.05) is 36.4 Å². The van der Waals surface area contributed by atoms with Crippen molar-refractivity contribution in [3.8, 4) is 11.3 Å². The predicted octanol–water partition coefficient (Wildman–Crippen LogP) is 6.97. The van der Waals surface area contributed by atoms with Gasteiger partial charge in [-0.25, -0.2) is 4.79 Å². The maximum absolute atomic E-state index is 13.2.